The molecule has 2 rings (SSSR count). The summed E-state index contributed by atoms with van der Waals surface area (Å²) in [6.45, 7) is 0. The van der Waals surface area contributed by atoms with Gasteiger partial charge in [0.15, 0.2) is 0 Å². The van der Waals surface area contributed by atoms with Crippen molar-refractivity contribution in [1.29, 1.82) is 0 Å². The van der Waals surface area contributed by atoms with Crippen molar-refractivity contribution in [3.05, 3.63) is 29.1 Å². The lowest BCUT2D eigenvalue weighted by Gasteiger charge is -2.17. The molecular formula is C11H8F3NO2. The molecule has 0 radical (unpaired) electrons. The molecule has 0 aliphatic carbocycles. The van der Waals surface area contributed by atoms with Crippen molar-refractivity contribution in [2.45, 2.75) is 19.3 Å². The molecule has 6 heteroatoms. The van der Waals surface area contributed by atoms with E-state index in [0.717, 1.165) is 12.1 Å². The quantitative estimate of drug-likeness (QED) is 0.809. The number of halogens is 3. The van der Waals surface area contributed by atoms with Crippen LogP contribution in [0, 0.1) is 5.82 Å². The Morgan fingerprint density at radius 3 is 2.65 bits per heavy atom. The summed E-state index contributed by atoms with van der Waals surface area (Å²) in [7, 11) is 0. The Labute approximate surface area is 94.6 Å². The smallest absolute Gasteiger partial charge is 0.300 e. The molecule has 0 saturated carbocycles. The molecule has 1 aromatic rings. The molecule has 3 nitrogen and oxygen atoms in total. The van der Waals surface area contributed by atoms with E-state index in [4.69, 9.17) is 0 Å². The van der Waals surface area contributed by atoms with Crippen LogP contribution in [0.3, 0.4) is 0 Å². The lowest BCUT2D eigenvalue weighted by atomic mass is 9.98. The fraction of sp³-hybridized carbons (Fsp3) is 0.273. The predicted octanol–water partition coefficient (Wildman–Crippen LogP) is 2.16. The molecule has 1 N–H and O–H groups in total. The summed E-state index contributed by atoms with van der Waals surface area (Å²) in [6.07, 6.45) is -2.73. The normalized spacial score (nSPS) is 14.5. The van der Waals surface area contributed by atoms with Gasteiger partial charge in [-0.25, -0.2) is 13.2 Å². The minimum absolute atomic E-state index is 0.195. The summed E-state index contributed by atoms with van der Waals surface area (Å²) in [5.74, 6) is -2.84. The number of Topliss-reactive ketones (excluding diaryl/α,β-unsaturated/α-hetero) is 1. The largest absolute Gasteiger partial charge is 0.326 e. The van der Waals surface area contributed by atoms with Crippen molar-refractivity contribution in [3.8, 4) is 0 Å². The predicted molar refractivity (Wildman–Crippen MR) is 53.7 cm³/mol. The summed E-state index contributed by atoms with van der Waals surface area (Å²) in [6, 6.07) is 1.99. The minimum Gasteiger partial charge on any atom is -0.326 e. The van der Waals surface area contributed by atoms with Crippen molar-refractivity contribution >= 4 is 17.4 Å². The van der Waals surface area contributed by atoms with Crippen LogP contribution in [0.15, 0.2) is 12.1 Å². The molecule has 1 heterocycles. The van der Waals surface area contributed by atoms with Crippen LogP contribution < -0.4 is 5.32 Å². The minimum atomic E-state index is -3.24. The van der Waals surface area contributed by atoms with E-state index in [1.165, 1.54) is 0 Å². The maximum absolute atomic E-state index is 13.4. The van der Waals surface area contributed by atoms with Gasteiger partial charge in [-0.3, -0.25) is 9.59 Å². The zero-order chi connectivity index (χ0) is 12.6. The van der Waals surface area contributed by atoms with E-state index in [-0.39, 0.29) is 18.0 Å². The first kappa shape index (κ1) is 11.6. The fourth-order valence-electron chi connectivity index (χ4n) is 1.71. The van der Waals surface area contributed by atoms with Gasteiger partial charge in [-0.1, -0.05) is 0 Å². The van der Waals surface area contributed by atoms with E-state index in [1.807, 2.05) is 0 Å². The lowest BCUT2D eigenvalue weighted by molar-refractivity contribution is -0.116. The van der Waals surface area contributed by atoms with Gasteiger partial charge >= 0.3 is 6.43 Å². The number of anilines is 1. The van der Waals surface area contributed by atoms with Gasteiger partial charge in [0, 0.05) is 12.1 Å². The van der Waals surface area contributed by atoms with Crippen LogP contribution in [0.4, 0.5) is 18.9 Å². The van der Waals surface area contributed by atoms with Gasteiger partial charge in [-0.15, -0.1) is 0 Å². The highest BCUT2D eigenvalue weighted by Gasteiger charge is 2.25. The number of fused-ring (bicyclic) bond motifs is 1. The molecule has 0 fully saturated rings. The molecule has 0 saturated heterocycles. The fourth-order valence-corrected chi connectivity index (χ4v) is 1.71. The van der Waals surface area contributed by atoms with Crippen molar-refractivity contribution in [3.63, 3.8) is 0 Å². The van der Waals surface area contributed by atoms with E-state index in [2.05, 4.69) is 5.32 Å². The third kappa shape index (κ3) is 2.15. The molecule has 1 amide bonds. The molecular weight excluding hydrogens is 235 g/mol. The Balaban J connectivity index is 2.44. The number of alkyl halides is 2. The number of ketones is 1. The van der Waals surface area contributed by atoms with Crippen molar-refractivity contribution in [2.75, 3.05) is 5.32 Å². The van der Waals surface area contributed by atoms with Crippen molar-refractivity contribution in [1.82, 2.24) is 0 Å². The molecule has 0 aromatic heterocycles. The summed E-state index contributed by atoms with van der Waals surface area (Å²) in [5, 5.41) is 2.42. The molecule has 1 aliphatic rings. The van der Waals surface area contributed by atoms with Crippen LogP contribution in [0.5, 0.6) is 0 Å². The second-order valence-corrected chi connectivity index (χ2v) is 3.70. The van der Waals surface area contributed by atoms with Gasteiger partial charge in [0.05, 0.1) is 5.56 Å². The molecule has 1 aliphatic heterocycles. The highest BCUT2D eigenvalue weighted by Crippen LogP contribution is 2.26. The number of hydrogen-bond donors (Lipinski definition) is 1. The van der Waals surface area contributed by atoms with Gasteiger partial charge in [-0.05, 0) is 24.1 Å². The van der Waals surface area contributed by atoms with E-state index in [1.54, 1.807) is 0 Å². The summed E-state index contributed by atoms with van der Waals surface area (Å²) in [4.78, 5) is 22.1. The van der Waals surface area contributed by atoms with E-state index >= 15 is 0 Å². The highest BCUT2D eigenvalue weighted by atomic mass is 19.3. The summed E-state index contributed by atoms with van der Waals surface area (Å²) >= 11 is 0. The third-order valence-electron chi connectivity index (χ3n) is 2.55. The standard InChI is InChI=1S/C11H8F3NO2/c12-7-4-8-5(1-2-9(16)15-8)3-6(7)10(17)11(13)14/h3-4,11H,1-2H2,(H,15,16). The average Bonchev–Trinajstić information content (AvgIpc) is 2.27. The molecule has 1 aromatic carbocycles. The Bertz CT molecular complexity index is 500. The third-order valence-corrected chi connectivity index (χ3v) is 2.55. The molecule has 0 unspecified atom stereocenters. The Morgan fingerprint density at radius 2 is 2.00 bits per heavy atom. The monoisotopic (exact) mass is 243 g/mol. The van der Waals surface area contributed by atoms with Gasteiger partial charge in [0.1, 0.15) is 5.82 Å². The number of rotatable bonds is 2. The molecule has 0 atom stereocenters. The first-order valence-corrected chi connectivity index (χ1v) is 4.93. The maximum atomic E-state index is 13.4. The van der Waals surface area contributed by atoms with Crippen molar-refractivity contribution in [2.24, 2.45) is 0 Å². The number of nitrogens with one attached hydrogen (secondary N) is 1. The Hall–Kier alpha value is -1.85. The molecule has 90 valence electrons. The van der Waals surface area contributed by atoms with Crippen LogP contribution in [-0.2, 0) is 11.2 Å². The first-order chi connectivity index (χ1) is 7.99. The van der Waals surface area contributed by atoms with E-state index < -0.39 is 23.6 Å². The average molecular weight is 243 g/mol. The van der Waals surface area contributed by atoms with Gasteiger partial charge in [-0.2, -0.15) is 0 Å². The topological polar surface area (TPSA) is 46.2 Å². The zero-order valence-electron chi connectivity index (χ0n) is 8.60. The summed E-state index contributed by atoms with van der Waals surface area (Å²) in [5.41, 5.74) is 0.106. The van der Waals surface area contributed by atoms with E-state index in [0.29, 0.717) is 12.0 Å². The SMILES string of the molecule is O=C1CCc2cc(C(=O)C(F)F)c(F)cc2N1. The molecule has 17 heavy (non-hydrogen) atoms. The van der Waals surface area contributed by atoms with Gasteiger partial charge in [0.2, 0.25) is 11.7 Å². The van der Waals surface area contributed by atoms with Crippen molar-refractivity contribution < 1.29 is 22.8 Å². The second-order valence-electron chi connectivity index (χ2n) is 3.70. The number of hydrogen-bond acceptors (Lipinski definition) is 2. The maximum Gasteiger partial charge on any atom is 0.300 e. The Morgan fingerprint density at radius 1 is 1.29 bits per heavy atom. The zero-order valence-corrected chi connectivity index (χ0v) is 8.60. The number of benzene rings is 1. The number of amides is 1. The second kappa shape index (κ2) is 4.20. The van der Waals surface area contributed by atoms with Crippen LogP contribution >= 0.6 is 0 Å². The Kier molecular flexibility index (Phi) is 2.87. The number of carbonyl (C=O) groups is 2. The van der Waals surface area contributed by atoms with E-state index in [9.17, 15) is 22.8 Å². The van der Waals surface area contributed by atoms with Crippen LogP contribution in [-0.4, -0.2) is 18.1 Å². The lowest BCUT2D eigenvalue weighted by Crippen LogP contribution is -2.21. The molecule has 0 bridgehead atoms. The highest BCUT2D eigenvalue weighted by molar-refractivity contribution is 6.00. The van der Waals surface area contributed by atoms with Crippen LogP contribution in [0.1, 0.15) is 22.3 Å². The van der Waals surface area contributed by atoms with Crippen LogP contribution in [0.25, 0.3) is 0 Å². The summed E-state index contributed by atoms with van der Waals surface area (Å²) < 4.78 is 37.8. The number of aryl methyl sites for hydroxylation is 1. The van der Waals surface area contributed by atoms with Gasteiger partial charge in [0.25, 0.3) is 0 Å². The van der Waals surface area contributed by atoms with Crippen LogP contribution in [0.2, 0.25) is 0 Å². The first-order valence-electron chi connectivity index (χ1n) is 4.93. The number of carbonyl (C=O) groups excluding carboxylic acids is 2. The molecule has 0 spiro atoms. The van der Waals surface area contributed by atoms with Gasteiger partial charge < -0.3 is 5.32 Å².